The molecule has 4 nitrogen and oxygen atoms in total. The van der Waals surface area contributed by atoms with E-state index in [0.717, 1.165) is 22.9 Å². The van der Waals surface area contributed by atoms with E-state index in [4.69, 9.17) is 17.3 Å². The van der Waals surface area contributed by atoms with E-state index in [9.17, 15) is 4.79 Å². The van der Waals surface area contributed by atoms with Crippen molar-refractivity contribution in [1.82, 2.24) is 9.88 Å². The predicted molar refractivity (Wildman–Crippen MR) is 78.1 cm³/mol. The van der Waals surface area contributed by atoms with Crippen molar-refractivity contribution in [3.8, 4) is 0 Å². The zero-order chi connectivity index (χ0) is 13.8. The summed E-state index contributed by atoms with van der Waals surface area (Å²) in [5.41, 5.74) is 7.70. The van der Waals surface area contributed by atoms with Gasteiger partial charge in [-0.15, -0.1) is 0 Å². The Kier molecular flexibility index (Phi) is 4.45. The van der Waals surface area contributed by atoms with Crippen LogP contribution in [-0.2, 0) is 17.9 Å². The number of aromatic nitrogens is 1. The molecule has 0 atom stereocenters. The Bertz CT molecular complexity index is 592. The van der Waals surface area contributed by atoms with Gasteiger partial charge in [-0.3, -0.25) is 4.79 Å². The first-order chi connectivity index (χ1) is 9.15. The molecular weight excluding hydrogens is 262 g/mol. The normalized spacial score (nSPS) is 10.9. The van der Waals surface area contributed by atoms with Gasteiger partial charge in [-0.2, -0.15) is 0 Å². The van der Waals surface area contributed by atoms with Crippen molar-refractivity contribution in [2.24, 2.45) is 5.73 Å². The van der Waals surface area contributed by atoms with E-state index in [2.05, 4.69) is 5.32 Å². The summed E-state index contributed by atoms with van der Waals surface area (Å²) in [5.74, 6) is 0.00213. The molecule has 0 bridgehead atoms. The van der Waals surface area contributed by atoms with Gasteiger partial charge in [0.15, 0.2) is 0 Å². The standard InChI is InChI=1S/C14H18ClN3O/c1-2-5-17-14(19)9-18-8-10(7-16)12-4-3-11(15)6-13(12)18/h3-4,6,8H,2,5,7,9,16H2,1H3,(H,17,19). The van der Waals surface area contributed by atoms with Crippen LogP contribution >= 0.6 is 11.6 Å². The minimum absolute atomic E-state index is 0.00213. The molecule has 0 aliphatic rings. The fraction of sp³-hybridized carbons (Fsp3) is 0.357. The zero-order valence-electron chi connectivity index (χ0n) is 10.9. The minimum Gasteiger partial charge on any atom is -0.355 e. The molecule has 0 saturated carbocycles. The molecule has 1 amide bonds. The topological polar surface area (TPSA) is 60.0 Å². The third-order valence-corrected chi connectivity index (χ3v) is 3.27. The van der Waals surface area contributed by atoms with Crippen LogP contribution in [0.1, 0.15) is 18.9 Å². The third kappa shape index (κ3) is 3.08. The highest BCUT2D eigenvalue weighted by Crippen LogP contribution is 2.24. The summed E-state index contributed by atoms with van der Waals surface area (Å²) >= 11 is 6.02. The van der Waals surface area contributed by atoms with Crippen LogP contribution < -0.4 is 11.1 Å². The Balaban J connectivity index is 2.32. The smallest absolute Gasteiger partial charge is 0.239 e. The highest BCUT2D eigenvalue weighted by atomic mass is 35.5. The molecule has 102 valence electrons. The van der Waals surface area contributed by atoms with Crippen molar-refractivity contribution in [2.75, 3.05) is 6.54 Å². The summed E-state index contributed by atoms with van der Waals surface area (Å²) in [6, 6.07) is 5.65. The van der Waals surface area contributed by atoms with Gasteiger partial charge in [0.2, 0.25) is 5.91 Å². The summed E-state index contributed by atoms with van der Waals surface area (Å²) in [5, 5.41) is 4.57. The van der Waals surface area contributed by atoms with Crippen molar-refractivity contribution in [2.45, 2.75) is 26.4 Å². The monoisotopic (exact) mass is 279 g/mol. The van der Waals surface area contributed by atoms with Crippen molar-refractivity contribution < 1.29 is 4.79 Å². The van der Waals surface area contributed by atoms with E-state index in [0.29, 0.717) is 18.1 Å². The van der Waals surface area contributed by atoms with Crippen LogP contribution in [-0.4, -0.2) is 17.0 Å². The zero-order valence-corrected chi connectivity index (χ0v) is 11.7. The number of rotatable bonds is 5. The number of hydrogen-bond acceptors (Lipinski definition) is 2. The molecule has 3 N–H and O–H groups in total. The van der Waals surface area contributed by atoms with Crippen LogP contribution in [0.3, 0.4) is 0 Å². The maximum atomic E-state index is 11.8. The van der Waals surface area contributed by atoms with Gasteiger partial charge in [0.1, 0.15) is 6.54 Å². The summed E-state index contributed by atoms with van der Waals surface area (Å²) in [6.45, 7) is 3.46. The quantitative estimate of drug-likeness (QED) is 0.882. The summed E-state index contributed by atoms with van der Waals surface area (Å²) in [6.07, 6.45) is 2.85. The van der Waals surface area contributed by atoms with Gasteiger partial charge >= 0.3 is 0 Å². The Morgan fingerprint density at radius 2 is 2.26 bits per heavy atom. The molecule has 2 rings (SSSR count). The number of halogens is 1. The number of nitrogens with two attached hydrogens (primary N) is 1. The van der Waals surface area contributed by atoms with Crippen LogP contribution in [0.4, 0.5) is 0 Å². The number of nitrogens with one attached hydrogen (secondary N) is 1. The lowest BCUT2D eigenvalue weighted by Crippen LogP contribution is -2.27. The molecule has 0 radical (unpaired) electrons. The maximum absolute atomic E-state index is 11.8. The Morgan fingerprint density at radius 1 is 1.47 bits per heavy atom. The molecule has 5 heteroatoms. The number of amides is 1. The first-order valence-corrected chi connectivity index (χ1v) is 6.77. The van der Waals surface area contributed by atoms with Crippen molar-refractivity contribution in [3.05, 3.63) is 35.0 Å². The van der Waals surface area contributed by atoms with Crippen LogP contribution in [0.25, 0.3) is 10.9 Å². The second-order valence-electron chi connectivity index (χ2n) is 4.50. The van der Waals surface area contributed by atoms with Crippen LogP contribution in [0.5, 0.6) is 0 Å². The van der Waals surface area contributed by atoms with Gasteiger partial charge in [0.25, 0.3) is 0 Å². The summed E-state index contributed by atoms with van der Waals surface area (Å²) < 4.78 is 1.90. The lowest BCUT2D eigenvalue weighted by Gasteiger charge is -2.06. The van der Waals surface area contributed by atoms with Crippen molar-refractivity contribution in [1.29, 1.82) is 0 Å². The van der Waals surface area contributed by atoms with Gasteiger partial charge in [0, 0.05) is 29.7 Å². The molecule has 0 unspecified atom stereocenters. The molecule has 1 aromatic heterocycles. The molecule has 0 fully saturated rings. The molecular formula is C14H18ClN3O. The largest absolute Gasteiger partial charge is 0.355 e. The lowest BCUT2D eigenvalue weighted by atomic mass is 10.2. The fourth-order valence-corrected chi connectivity index (χ4v) is 2.28. The van der Waals surface area contributed by atoms with E-state index < -0.39 is 0 Å². The number of fused-ring (bicyclic) bond motifs is 1. The van der Waals surface area contributed by atoms with Crippen LogP contribution in [0.2, 0.25) is 5.02 Å². The molecule has 0 spiro atoms. The average molecular weight is 280 g/mol. The first kappa shape index (κ1) is 13.9. The van der Waals surface area contributed by atoms with Crippen molar-refractivity contribution in [3.63, 3.8) is 0 Å². The predicted octanol–water partition coefficient (Wildman–Crippen LogP) is 2.28. The fourth-order valence-electron chi connectivity index (χ4n) is 2.11. The van der Waals surface area contributed by atoms with Gasteiger partial charge in [-0.25, -0.2) is 0 Å². The number of benzene rings is 1. The Morgan fingerprint density at radius 3 is 2.95 bits per heavy atom. The lowest BCUT2D eigenvalue weighted by molar-refractivity contribution is -0.121. The van der Waals surface area contributed by atoms with Crippen LogP contribution in [0.15, 0.2) is 24.4 Å². The molecule has 2 aromatic rings. The molecule has 19 heavy (non-hydrogen) atoms. The molecule has 0 aliphatic heterocycles. The van der Waals surface area contributed by atoms with E-state index in [1.54, 1.807) is 0 Å². The molecule has 0 saturated heterocycles. The average Bonchev–Trinajstić information content (AvgIpc) is 2.74. The number of carbonyl (C=O) groups excluding carboxylic acids is 1. The number of hydrogen-bond donors (Lipinski definition) is 2. The molecule has 0 aliphatic carbocycles. The SMILES string of the molecule is CCCNC(=O)Cn1cc(CN)c2ccc(Cl)cc21. The van der Waals surface area contributed by atoms with Gasteiger partial charge in [-0.05, 0) is 24.1 Å². The highest BCUT2D eigenvalue weighted by molar-refractivity contribution is 6.31. The highest BCUT2D eigenvalue weighted by Gasteiger charge is 2.10. The third-order valence-electron chi connectivity index (χ3n) is 3.03. The second-order valence-corrected chi connectivity index (χ2v) is 4.93. The van der Waals surface area contributed by atoms with Gasteiger partial charge in [0.05, 0.1) is 5.52 Å². The van der Waals surface area contributed by atoms with E-state index in [1.165, 1.54) is 0 Å². The van der Waals surface area contributed by atoms with Gasteiger partial charge < -0.3 is 15.6 Å². The van der Waals surface area contributed by atoms with Gasteiger partial charge in [-0.1, -0.05) is 24.6 Å². The minimum atomic E-state index is 0.00213. The Labute approximate surface area is 117 Å². The van der Waals surface area contributed by atoms with Crippen molar-refractivity contribution >= 4 is 28.4 Å². The summed E-state index contributed by atoms with van der Waals surface area (Å²) in [7, 11) is 0. The first-order valence-electron chi connectivity index (χ1n) is 6.39. The number of carbonyl (C=O) groups is 1. The van der Waals surface area contributed by atoms with Crippen LogP contribution in [0, 0.1) is 0 Å². The summed E-state index contributed by atoms with van der Waals surface area (Å²) in [4.78, 5) is 11.8. The Hall–Kier alpha value is -1.52. The van der Waals surface area contributed by atoms with E-state index in [-0.39, 0.29) is 12.5 Å². The molecule has 1 aromatic carbocycles. The number of nitrogens with zero attached hydrogens (tertiary/aromatic N) is 1. The maximum Gasteiger partial charge on any atom is 0.239 e. The van der Waals surface area contributed by atoms with E-state index in [1.807, 2.05) is 35.9 Å². The van der Waals surface area contributed by atoms with E-state index >= 15 is 0 Å². The second kappa shape index (κ2) is 6.08. The molecule has 1 heterocycles.